The molecule has 4 nitrogen and oxygen atoms in total. The average molecular weight is 343 g/mol. The van der Waals surface area contributed by atoms with Crippen LogP contribution in [0.25, 0.3) is 0 Å². The molecule has 2 aromatic carbocycles. The maximum absolute atomic E-state index is 12.6. The summed E-state index contributed by atoms with van der Waals surface area (Å²) >= 11 is 5.69. The summed E-state index contributed by atoms with van der Waals surface area (Å²) in [6, 6.07) is 9.08. The molecule has 0 bridgehead atoms. The third kappa shape index (κ3) is 4.23. The van der Waals surface area contributed by atoms with Crippen LogP contribution in [0.2, 0.25) is 5.02 Å². The van der Waals surface area contributed by atoms with E-state index in [0.717, 1.165) is 18.3 Å². The SMILES string of the molecule is O=C(NN=Cc1cccc(C(F)(F)F)c1O)c1ccc(Cl)cc1. The lowest BCUT2D eigenvalue weighted by atomic mass is 10.1. The number of benzene rings is 2. The van der Waals surface area contributed by atoms with Gasteiger partial charge in [-0.15, -0.1) is 0 Å². The first-order valence-corrected chi connectivity index (χ1v) is 6.65. The van der Waals surface area contributed by atoms with Crippen molar-refractivity contribution in [3.63, 3.8) is 0 Å². The van der Waals surface area contributed by atoms with Gasteiger partial charge in [-0.1, -0.05) is 17.7 Å². The van der Waals surface area contributed by atoms with E-state index in [1.54, 1.807) is 0 Å². The van der Waals surface area contributed by atoms with Gasteiger partial charge < -0.3 is 5.11 Å². The lowest BCUT2D eigenvalue weighted by Gasteiger charge is -2.10. The lowest BCUT2D eigenvalue weighted by Crippen LogP contribution is -2.17. The maximum atomic E-state index is 12.6. The number of halogens is 4. The van der Waals surface area contributed by atoms with E-state index in [0.29, 0.717) is 5.02 Å². The largest absolute Gasteiger partial charge is 0.507 e. The second kappa shape index (κ2) is 6.70. The molecule has 0 aliphatic heterocycles. The molecule has 0 unspecified atom stereocenters. The smallest absolute Gasteiger partial charge is 0.419 e. The van der Waals surface area contributed by atoms with Gasteiger partial charge in [0, 0.05) is 16.1 Å². The van der Waals surface area contributed by atoms with Gasteiger partial charge in [0.1, 0.15) is 5.75 Å². The van der Waals surface area contributed by atoms with Gasteiger partial charge in [0.05, 0.1) is 11.8 Å². The predicted molar refractivity (Wildman–Crippen MR) is 79.6 cm³/mol. The van der Waals surface area contributed by atoms with Gasteiger partial charge in [-0.3, -0.25) is 4.79 Å². The van der Waals surface area contributed by atoms with Crippen LogP contribution in [0.4, 0.5) is 13.2 Å². The van der Waals surface area contributed by atoms with Gasteiger partial charge in [-0.2, -0.15) is 18.3 Å². The zero-order valence-electron chi connectivity index (χ0n) is 11.4. The minimum atomic E-state index is -4.68. The molecule has 2 N–H and O–H groups in total. The Morgan fingerprint density at radius 2 is 1.83 bits per heavy atom. The summed E-state index contributed by atoms with van der Waals surface area (Å²) in [5.41, 5.74) is 1.08. The highest BCUT2D eigenvalue weighted by Crippen LogP contribution is 2.36. The normalized spacial score (nSPS) is 11.7. The molecule has 2 rings (SSSR count). The number of para-hydroxylation sites is 1. The highest BCUT2D eigenvalue weighted by molar-refractivity contribution is 6.30. The van der Waals surface area contributed by atoms with E-state index in [1.165, 1.54) is 30.3 Å². The van der Waals surface area contributed by atoms with Crippen molar-refractivity contribution >= 4 is 23.7 Å². The molecule has 1 amide bonds. The van der Waals surface area contributed by atoms with Gasteiger partial charge in [0.2, 0.25) is 0 Å². The Morgan fingerprint density at radius 3 is 2.43 bits per heavy atom. The van der Waals surface area contributed by atoms with Crippen LogP contribution in [0, 0.1) is 0 Å². The number of carbonyl (C=O) groups is 1. The quantitative estimate of drug-likeness (QED) is 0.658. The number of carbonyl (C=O) groups excluding carboxylic acids is 1. The van der Waals surface area contributed by atoms with Crippen molar-refractivity contribution in [2.24, 2.45) is 5.10 Å². The fourth-order valence-electron chi connectivity index (χ4n) is 1.72. The average Bonchev–Trinajstić information content (AvgIpc) is 2.48. The topological polar surface area (TPSA) is 61.7 Å². The Hall–Kier alpha value is -2.54. The van der Waals surface area contributed by atoms with E-state index in [1.807, 2.05) is 0 Å². The minimum Gasteiger partial charge on any atom is -0.507 e. The van der Waals surface area contributed by atoms with Crippen LogP contribution < -0.4 is 5.43 Å². The Bertz CT molecular complexity index is 743. The van der Waals surface area contributed by atoms with Gasteiger partial charge in [-0.25, -0.2) is 5.43 Å². The highest BCUT2D eigenvalue weighted by atomic mass is 35.5. The fourth-order valence-corrected chi connectivity index (χ4v) is 1.85. The molecule has 0 saturated heterocycles. The first-order chi connectivity index (χ1) is 10.8. The molecular formula is C15H10ClF3N2O2. The number of phenols is 1. The summed E-state index contributed by atoms with van der Waals surface area (Å²) in [6.45, 7) is 0. The Labute approximate surface area is 134 Å². The summed E-state index contributed by atoms with van der Waals surface area (Å²) in [7, 11) is 0. The molecule has 0 saturated carbocycles. The Balaban J connectivity index is 2.12. The molecule has 0 spiro atoms. The first-order valence-electron chi connectivity index (χ1n) is 6.27. The number of hydrogen-bond acceptors (Lipinski definition) is 3. The zero-order chi connectivity index (χ0) is 17.0. The van der Waals surface area contributed by atoms with Gasteiger partial charge in [-0.05, 0) is 36.4 Å². The van der Waals surface area contributed by atoms with Gasteiger partial charge >= 0.3 is 6.18 Å². The van der Waals surface area contributed by atoms with Crippen molar-refractivity contribution in [1.82, 2.24) is 5.43 Å². The summed E-state index contributed by atoms with van der Waals surface area (Å²) < 4.78 is 37.9. The first kappa shape index (κ1) is 16.8. The standard InChI is InChI=1S/C15H10ClF3N2O2/c16-11-6-4-9(5-7-11)14(23)21-20-8-10-2-1-3-12(13(10)22)15(17,18)19/h1-8,22H,(H,21,23). The molecule has 120 valence electrons. The molecule has 0 aliphatic rings. The van der Waals surface area contributed by atoms with E-state index in [9.17, 15) is 23.1 Å². The highest BCUT2D eigenvalue weighted by Gasteiger charge is 2.34. The molecule has 8 heteroatoms. The van der Waals surface area contributed by atoms with Gasteiger partial charge in [0.15, 0.2) is 0 Å². The third-order valence-electron chi connectivity index (χ3n) is 2.85. The number of hydrogen-bond donors (Lipinski definition) is 2. The molecule has 0 aromatic heterocycles. The summed E-state index contributed by atoms with van der Waals surface area (Å²) in [5, 5.41) is 13.6. The number of aromatic hydroxyl groups is 1. The predicted octanol–water partition coefficient (Wildman–Crippen LogP) is 3.83. The number of alkyl halides is 3. The van der Waals surface area contributed by atoms with Crippen LogP contribution in [0.15, 0.2) is 47.6 Å². The van der Waals surface area contributed by atoms with Crippen LogP contribution in [0.3, 0.4) is 0 Å². The number of hydrazone groups is 1. The zero-order valence-corrected chi connectivity index (χ0v) is 12.2. The van der Waals surface area contributed by atoms with Crippen molar-refractivity contribution < 1.29 is 23.1 Å². The molecule has 0 heterocycles. The third-order valence-corrected chi connectivity index (χ3v) is 3.10. The lowest BCUT2D eigenvalue weighted by molar-refractivity contribution is -0.138. The molecule has 2 aromatic rings. The van der Waals surface area contributed by atoms with Crippen LogP contribution in [-0.2, 0) is 6.18 Å². The molecule has 0 fully saturated rings. The minimum absolute atomic E-state index is 0.170. The molecule has 23 heavy (non-hydrogen) atoms. The number of nitrogens with one attached hydrogen (secondary N) is 1. The number of amides is 1. The Kier molecular flexibility index (Phi) is 4.90. The van der Waals surface area contributed by atoms with E-state index in [4.69, 9.17) is 11.6 Å². The van der Waals surface area contributed by atoms with Gasteiger partial charge in [0.25, 0.3) is 5.91 Å². The van der Waals surface area contributed by atoms with Crippen molar-refractivity contribution in [2.45, 2.75) is 6.18 Å². The number of phenolic OH excluding ortho intramolecular Hbond substituents is 1. The second-order valence-electron chi connectivity index (χ2n) is 4.45. The summed E-state index contributed by atoms with van der Waals surface area (Å²) in [5.74, 6) is -1.52. The Morgan fingerprint density at radius 1 is 1.17 bits per heavy atom. The van der Waals surface area contributed by atoms with Crippen LogP contribution in [0.5, 0.6) is 5.75 Å². The summed E-state index contributed by atoms with van der Waals surface area (Å²) in [6.07, 6.45) is -3.75. The maximum Gasteiger partial charge on any atom is 0.419 e. The van der Waals surface area contributed by atoms with E-state index in [-0.39, 0.29) is 11.1 Å². The van der Waals surface area contributed by atoms with Crippen LogP contribution in [0.1, 0.15) is 21.5 Å². The van der Waals surface area contributed by atoms with Crippen molar-refractivity contribution in [3.8, 4) is 5.75 Å². The monoisotopic (exact) mass is 342 g/mol. The number of nitrogens with zero attached hydrogens (tertiary/aromatic N) is 1. The van der Waals surface area contributed by atoms with Crippen molar-refractivity contribution in [1.29, 1.82) is 0 Å². The van der Waals surface area contributed by atoms with Crippen LogP contribution in [-0.4, -0.2) is 17.2 Å². The molecule has 0 radical (unpaired) electrons. The molecular weight excluding hydrogens is 333 g/mol. The van der Waals surface area contributed by atoms with Crippen LogP contribution >= 0.6 is 11.6 Å². The molecule has 0 aliphatic carbocycles. The second-order valence-corrected chi connectivity index (χ2v) is 4.88. The van der Waals surface area contributed by atoms with E-state index in [2.05, 4.69) is 10.5 Å². The van der Waals surface area contributed by atoms with E-state index >= 15 is 0 Å². The van der Waals surface area contributed by atoms with Crippen molar-refractivity contribution in [2.75, 3.05) is 0 Å². The van der Waals surface area contributed by atoms with Crippen molar-refractivity contribution in [3.05, 3.63) is 64.2 Å². The summed E-state index contributed by atoms with van der Waals surface area (Å²) in [4.78, 5) is 11.7. The van der Waals surface area contributed by atoms with E-state index < -0.39 is 23.4 Å². The molecule has 0 atom stereocenters. The fraction of sp³-hybridized carbons (Fsp3) is 0.0667. The number of rotatable bonds is 3.